The fourth-order valence-electron chi connectivity index (χ4n) is 1.71. The SMILES string of the molecule is CCSc1ccccc1NC(=O)c1cc(Br)ccc1Br. The van der Waals surface area contributed by atoms with Crippen LogP contribution in [-0.4, -0.2) is 11.7 Å². The van der Waals surface area contributed by atoms with E-state index in [-0.39, 0.29) is 5.91 Å². The zero-order valence-electron chi connectivity index (χ0n) is 10.8. The fraction of sp³-hybridized carbons (Fsp3) is 0.133. The molecule has 0 bridgehead atoms. The van der Waals surface area contributed by atoms with Crippen molar-refractivity contribution in [3.05, 3.63) is 57.0 Å². The van der Waals surface area contributed by atoms with E-state index in [0.717, 1.165) is 25.3 Å². The second kappa shape index (κ2) is 7.29. The Bertz CT molecular complexity index is 631. The summed E-state index contributed by atoms with van der Waals surface area (Å²) in [5.74, 6) is 0.843. The number of carbonyl (C=O) groups excluding carboxylic acids is 1. The summed E-state index contributed by atoms with van der Waals surface area (Å²) in [6, 6.07) is 13.4. The van der Waals surface area contributed by atoms with Crippen LogP contribution in [0.25, 0.3) is 0 Å². The van der Waals surface area contributed by atoms with Gasteiger partial charge in [0.15, 0.2) is 0 Å². The van der Waals surface area contributed by atoms with Gasteiger partial charge in [-0.15, -0.1) is 11.8 Å². The van der Waals surface area contributed by atoms with Crippen LogP contribution in [0.3, 0.4) is 0 Å². The van der Waals surface area contributed by atoms with Crippen LogP contribution < -0.4 is 5.32 Å². The molecule has 2 nitrogen and oxygen atoms in total. The molecule has 0 fully saturated rings. The topological polar surface area (TPSA) is 29.1 Å². The molecule has 104 valence electrons. The molecule has 2 aromatic carbocycles. The zero-order valence-corrected chi connectivity index (χ0v) is 14.8. The first-order chi connectivity index (χ1) is 9.61. The van der Waals surface area contributed by atoms with E-state index < -0.39 is 0 Å². The number of carbonyl (C=O) groups is 1. The van der Waals surface area contributed by atoms with Crippen LogP contribution in [0, 0.1) is 0 Å². The quantitative estimate of drug-likeness (QED) is 0.662. The van der Waals surface area contributed by atoms with Crippen molar-refractivity contribution >= 4 is 55.2 Å². The van der Waals surface area contributed by atoms with Gasteiger partial charge in [0, 0.05) is 13.8 Å². The molecule has 0 saturated heterocycles. The van der Waals surface area contributed by atoms with E-state index in [4.69, 9.17) is 0 Å². The average Bonchev–Trinajstić information content (AvgIpc) is 2.44. The molecule has 20 heavy (non-hydrogen) atoms. The van der Waals surface area contributed by atoms with E-state index in [1.54, 1.807) is 17.8 Å². The van der Waals surface area contributed by atoms with Gasteiger partial charge in [-0.2, -0.15) is 0 Å². The third-order valence-electron chi connectivity index (χ3n) is 2.61. The van der Waals surface area contributed by atoms with Crippen molar-refractivity contribution in [2.24, 2.45) is 0 Å². The number of para-hydroxylation sites is 1. The van der Waals surface area contributed by atoms with E-state index in [0.29, 0.717) is 5.56 Å². The molecule has 0 heterocycles. The molecular weight excluding hydrogens is 402 g/mol. The number of hydrogen-bond donors (Lipinski definition) is 1. The molecule has 0 unspecified atom stereocenters. The summed E-state index contributed by atoms with van der Waals surface area (Å²) < 4.78 is 1.65. The Morgan fingerprint density at radius 1 is 1.20 bits per heavy atom. The van der Waals surface area contributed by atoms with E-state index in [1.807, 2.05) is 36.4 Å². The van der Waals surface area contributed by atoms with Crippen molar-refractivity contribution < 1.29 is 4.79 Å². The van der Waals surface area contributed by atoms with Crippen LogP contribution in [0.2, 0.25) is 0 Å². The fourth-order valence-corrected chi connectivity index (χ4v) is 3.26. The van der Waals surface area contributed by atoms with Gasteiger partial charge in [0.05, 0.1) is 11.3 Å². The molecule has 0 aliphatic rings. The maximum absolute atomic E-state index is 12.4. The summed E-state index contributed by atoms with van der Waals surface area (Å²) in [7, 11) is 0. The summed E-state index contributed by atoms with van der Waals surface area (Å²) in [6.45, 7) is 2.09. The standard InChI is InChI=1S/C15H13Br2NOS/c1-2-20-14-6-4-3-5-13(14)18-15(19)11-9-10(16)7-8-12(11)17/h3-9H,2H2,1H3,(H,18,19). The van der Waals surface area contributed by atoms with Gasteiger partial charge in [-0.05, 0) is 52.0 Å². The lowest BCUT2D eigenvalue weighted by molar-refractivity contribution is 0.102. The molecule has 2 rings (SSSR count). The summed E-state index contributed by atoms with van der Waals surface area (Å²) in [6.07, 6.45) is 0. The third kappa shape index (κ3) is 3.87. The van der Waals surface area contributed by atoms with E-state index >= 15 is 0 Å². The zero-order chi connectivity index (χ0) is 14.5. The van der Waals surface area contributed by atoms with Gasteiger partial charge in [0.2, 0.25) is 0 Å². The lowest BCUT2D eigenvalue weighted by atomic mass is 10.2. The highest BCUT2D eigenvalue weighted by Gasteiger charge is 2.12. The smallest absolute Gasteiger partial charge is 0.256 e. The van der Waals surface area contributed by atoms with Crippen LogP contribution in [0.4, 0.5) is 5.69 Å². The van der Waals surface area contributed by atoms with E-state index in [2.05, 4.69) is 44.1 Å². The molecular formula is C15H13Br2NOS. The van der Waals surface area contributed by atoms with Gasteiger partial charge in [0.25, 0.3) is 5.91 Å². The number of halogens is 2. The number of rotatable bonds is 4. The number of benzene rings is 2. The average molecular weight is 415 g/mol. The molecule has 0 aliphatic heterocycles. The maximum Gasteiger partial charge on any atom is 0.256 e. The maximum atomic E-state index is 12.4. The largest absolute Gasteiger partial charge is 0.321 e. The van der Waals surface area contributed by atoms with Crippen molar-refractivity contribution in [3.63, 3.8) is 0 Å². The van der Waals surface area contributed by atoms with Gasteiger partial charge < -0.3 is 5.32 Å². The minimum Gasteiger partial charge on any atom is -0.321 e. The molecule has 0 aliphatic carbocycles. The minimum atomic E-state index is -0.123. The minimum absolute atomic E-state index is 0.123. The summed E-state index contributed by atoms with van der Waals surface area (Å²) >= 11 is 8.50. The normalized spacial score (nSPS) is 10.3. The van der Waals surface area contributed by atoms with Crippen LogP contribution in [0.1, 0.15) is 17.3 Å². The first-order valence-corrected chi connectivity index (χ1v) is 8.67. The highest BCUT2D eigenvalue weighted by molar-refractivity contribution is 9.11. The van der Waals surface area contributed by atoms with Crippen LogP contribution in [-0.2, 0) is 0 Å². The van der Waals surface area contributed by atoms with Crippen LogP contribution in [0.5, 0.6) is 0 Å². The van der Waals surface area contributed by atoms with Crippen molar-refractivity contribution in [2.75, 3.05) is 11.1 Å². The van der Waals surface area contributed by atoms with E-state index in [9.17, 15) is 4.79 Å². The van der Waals surface area contributed by atoms with Gasteiger partial charge in [-0.25, -0.2) is 0 Å². The Morgan fingerprint density at radius 2 is 1.95 bits per heavy atom. The first-order valence-electron chi connectivity index (χ1n) is 6.10. The lowest BCUT2D eigenvalue weighted by Gasteiger charge is -2.11. The van der Waals surface area contributed by atoms with Crippen molar-refractivity contribution in [1.82, 2.24) is 0 Å². The molecule has 5 heteroatoms. The summed E-state index contributed by atoms with van der Waals surface area (Å²) in [4.78, 5) is 13.5. The molecule has 0 saturated carbocycles. The predicted octanol–water partition coefficient (Wildman–Crippen LogP) is 5.58. The molecule has 1 N–H and O–H groups in total. The number of hydrogen-bond acceptors (Lipinski definition) is 2. The lowest BCUT2D eigenvalue weighted by Crippen LogP contribution is -2.13. The monoisotopic (exact) mass is 413 g/mol. The number of anilines is 1. The highest BCUT2D eigenvalue weighted by Crippen LogP contribution is 2.28. The van der Waals surface area contributed by atoms with Crippen LogP contribution in [0.15, 0.2) is 56.3 Å². The first kappa shape index (κ1) is 15.6. The Labute approximate surface area is 139 Å². The third-order valence-corrected chi connectivity index (χ3v) is 4.75. The Balaban J connectivity index is 2.26. The molecule has 1 amide bonds. The Kier molecular flexibility index (Phi) is 5.69. The number of thioether (sulfide) groups is 1. The van der Waals surface area contributed by atoms with Gasteiger partial charge in [-0.1, -0.05) is 35.0 Å². The number of amides is 1. The summed E-state index contributed by atoms with van der Waals surface area (Å²) in [5, 5.41) is 2.97. The molecule has 0 radical (unpaired) electrons. The summed E-state index contributed by atoms with van der Waals surface area (Å²) in [5.41, 5.74) is 1.45. The highest BCUT2D eigenvalue weighted by atomic mass is 79.9. The van der Waals surface area contributed by atoms with Gasteiger partial charge >= 0.3 is 0 Å². The molecule has 2 aromatic rings. The van der Waals surface area contributed by atoms with Crippen LogP contribution >= 0.6 is 43.6 Å². The van der Waals surface area contributed by atoms with Crippen molar-refractivity contribution in [1.29, 1.82) is 0 Å². The number of nitrogens with one attached hydrogen (secondary N) is 1. The Morgan fingerprint density at radius 3 is 2.70 bits per heavy atom. The van der Waals surface area contributed by atoms with Crippen molar-refractivity contribution in [3.8, 4) is 0 Å². The molecule has 0 atom stereocenters. The molecule has 0 aromatic heterocycles. The second-order valence-electron chi connectivity index (χ2n) is 4.01. The van der Waals surface area contributed by atoms with Gasteiger partial charge in [0.1, 0.15) is 0 Å². The Hall–Kier alpha value is -0.780. The van der Waals surface area contributed by atoms with Gasteiger partial charge in [-0.3, -0.25) is 4.79 Å². The predicted molar refractivity (Wildman–Crippen MR) is 92.6 cm³/mol. The van der Waals surface area contributed by atoms with Crippen molar-refractivity contribution in [2.45, 2.75) is 11.8 Å². The second-order valence-corrected chi connectivity index (χ2v) is 7.08. The molecule has 0 spiro atoms. The van der Waals surface area contributed by atoms with E-state index in [1.165, 1.54) is 0 Å².